The predicted octanol–water partition coefficient (Wildman–Crippen LogP) is 4.67. The second-order valence-corrected chi connectivity index (χ2v) is 4.00. The summed E-state index contributed by atoms with van der Waals surface area (Å²) in [6.07, 6.45) is -8.33. The molecule has 0 amide bonds. The standard InChI is InChI=1S/C13H7F6NO/c14-12(15,16)11-6-3-9(7-20-11)8-1-4-10(5-2-8)21-13(17,18)19/h1-7H. The predicted molar refractivity (Wildman–Crippen MR) is 61.4 cm³/mol. The van der Waals surface area contributed by atoms with Gasteiger partial charge in [-0.2, -0.15) is 13.2 Å². The van der Waals surface area contributed by atoms with Crippen LogP contribution in [0.3, 0.4) is 0 Å². The highest BCUT2D eigenvalue weighted by atomic mass is 19.4. The molecular weight excluding hydrogens is 300 g/mol. The molecule has 0 atom stereocenters. The molecule has 0 radical (unpaired) electrons. The molecule has 0 N–H and O–H groups in total. The van der Waals surface area contributed by atoms with E-state index >= 15 is 0 Å². The Kier molecular flexibility index (Phi) is 3.80. The molecule has 0 unspecified atom stereocenters. The average Bonchev–Trinajstić information content (AvgIpc) is 2.37. The zero-order valence-corrected chi connectivity index (χ0v) is 10.2. The number of alkyl halides is 6. The summed E-state index contributed by atoms with van der Waals surface area (Å²) in [4.78, 5) is 3.27. The van der Waals surface area contributed by atoms with Crippen molar-refractivity contribution in [1.29, 1.82) is 0 Å². The molecule has 2 aromatic rings. The first kappa shape index (κ1) is 15.1. The monoisotopic (exact) mass is 307 g/mol. The van der Waals surface area contributed by atoms with E-state index in [1.165, 1.54) is 18.2 Å². The normalized spacial score (nSPS) is 12.3. The molecule has 0 saturated heterocycles. The van der Waals surface area contributed by atoms with Gasteiger partial charge in [-0.25, -0.2) is 0 Å². The molecule has 2 nitrogen and oxygen atoms in total. The van der Waals surface area contributed by atoms with E-state index in [0.29, 0.717) is 11.1 Å². The van der Waals surface area contributed by atoms with E-state index < -0.39 is 24.0 Å². The maximum absolute atomic E-state index is 12.3. The van der Waals surface area contributed by atoms with E-state index in [9.17, 15) is 26.3 Å². The molecule has 21 heavy (non-hydrogen) atoms. The first-order valence-electron chi connectivity index (χ1n) is 5.54. The van der Waals surface area contributed by atoms with E-state index in [0.717, 1.165) is 24.4 Å². The average molecular weight is 307 g/mol. The van der Waals surface area contributed by atoms with Crippen LogP contribution in [0.4, 0.5) is 26.3 Å². The molecule has 2 rings (SSSR count). The van der Waals surface area contributed by atoms with E-state index in [1.54, 1.807) is 0 Å². The summed E-state index contributed by atoms with van der Waals surface area (Å²) in [7, 11) is 0. The van der Waals surface area contributed by atoms with Crippen molar-refractivity contribution in [3.63, 3.8) is 0 Å². The van der Waals surface area contributed by atoms with Crippen LogP contribution in [0.15, 0.2) is 42.6 Å². The zero-order chi connectivity index (χ0) is 15.7. The maximum Gasteiger partial charge on any atom is 0.573 e. The lowest BCUT2D eigenvalue weighted by atomic mass is 10.1. The van der Waals surface area contributed by atoms with E-state index in [2.05, 4.69) is 9.72 Å². The molecule has 0 aliphatic heterocycles. The van der Waals surface area contributed by atoms with Crippen LogP contribution in [-0.2, 0) is 6.18 Å². The third kappa shape index (κ3) is 4.11. The van der Waals surface area contributed by atoms with E-state index in [1.807, 2.05) is 0 Å². The fraction of sp³-hybridized carbons (Fsp3) is 0.154. The third-order valence-corrected chi connectivity index (χ3v) is 2.48. The SMILES string of the molecule is FC(F)(F)Oc1ccc(-c2ccc(C(F)(F)F)nc2)cc1. The molecule has 1 aromatic carbocycles. The number of pyridine rings is 1. The van der Waals surface area contributed by atoms with Gasteiger partial charge in [-0.3, -0.25) is 4.98 Å². The first-order valence-corrected chi connectivity index (χ1v) is 5.54. The van der Waals surface area contributed by atoms with Crippen LogP contribution in [0.25, 0.3) is 11.1 Å². The quantitative estimate of drug-likeness (QED) is 0.752. The van der Waals surface area contributed by atoms with Gasteiger partial charge >= 0.3 is 12.5 Å². The van der Waals surface area contributed by atoms with Crippen molar-refractivity contribution in [1.82, 2.24) is 4.98 Å². The molecule has 0 fully saturated rings. The van der Waals surface area contributed by atoms with Gasteiger partial charge < -0.3 is 4.74 Å². The Labute approximate surface area is 115 Å². The molecule has 0 aliphatic carbocycles. The molecule has 0 aliphatic rings. The van der Waals surface area contributed by atoms with Gasteiger partial charge in [-0.05, 0) is 23.8 Å². The van der Waals surface area contributed by atoms with Gasteiger partial charge in [0.15, 0.2) is 0 Å². The second kappa shape index (κ2) is 5.27. The Hall–Kier alpha value is -2.25. The van der Waals surface area contributed by atoms with Gasteiger partial charge in [0.05, 0.1) is 0 Å². The fourth-order valence-electron chi connectivity index (χ4n) is 1.58. The number of rotatable bonds is 2. The van der Waals surface area contributed by atoms with Gasteiger partial charge in [0, 0.05) is 11.8 Å². The molecule has 1 aromatic heterocycles. The summed E-state index contributed by atoms with van der Waals surface area (Å²) in [5.41, 5.74) is -0.268. The van der Waals surface area contributed by atoms with Crippen LogP contribution in [0.1, 0.15) is 5.69 Å². The Morgan fingerprint density at radius 1 is 0.762 bits per heavy atom. The van der Waals surface area contributed by atoms with Crippen molar-refractivity contribution in [2.75, 3.05) is 0 Å². The molecule has 1 heterocycles. The molecular formula is C13H7F6NO. The second-order valence-electron chi connectivity index (χ2n) is 4.00. The molecule has 0 saturated carbocycles. The van der Waals surface area contributed by atoms with Crippen LogP contribution >= 0.6 is 0 Å². The van der Waals surface area contributed by atoms with E-state index in [-0.39, 0.29) is 0 Å². The van der Waals surface area contributed by atoms with Crippen LogP contribution in [-0.4, -0.2) is 11.3 Å². The highest BCUT2D eigenvalue weighted by Crippen LogP contribution is 2.30. The zero-order valence-electron chi connectivity index (χ0n) is 10.2. The van der Waals surface area contributed by atoms with Gasteiger partial charge in [0.1, 0.15) is 11.4 Å². The van der Waals surface area contributed by atoms with Crippen LogP contribution in [0.5, 0.6) is 5.75 Å². The van der Waals surface area contributed by atoms with Gasteiger partial charge in [0.2, 0.25) is 0 Å². The minimum atomic E-state index is -4.79. The minimum Gasteiger partial charge on any atom is -0.406 e. The highest BCUT2D eigenvalue weighted by molar-refractivity contribution is 5.63. The number of aromatic nitrogens is 1. The van der Waals surface area contributed by atoms with Crippen molar-refractivity contribution < 1.29 is 31.1 Å². The Morgan fingerprint density at radius 2 is 1.33 bits per heavy atom. The molecule has 112 valence electrons. The lowest BCUT2D eigenvalue weighted by Crippen LogP contribution is -2.16. The molecule has 0 spiro atoms. The lowest BCUT2D eigenvalue weighted by Gasteiger charge is -2.10. The lowest BCUT2D eigenvalue weighted by molar-refractivity contribution is -0.274. The van der Waals surface area contributed by atoms with Crippen molar-refractivity contribution in [3.05, 3.63) is 48.3 Å². The Balaban J connectivity index is 2.19. The topological polar surface area (TPSA) is 22.1 Å². The van der Waals surface area contributed by atoms with Crippen molar-refractivity contribution in [3.8, 4) is 16.9 Å². The van der Waals surface area contributed by atoms with E-state index in [4.69, 9.17) is 0 Å². The number of halogens is 6. The Morgan fingerprint density at radius 3 is 1.76 bits per heavy atom. The molecule has 8 heteroatoms. The smallest absolute Gasteiger partial charge is 0.406 e. The summed E-state index contributed by atoms with van der Waals surface area (Å²) in [6, 6.07) is 6.72. The van der Waals surface area contributed by atoms with Crippen molar-refractivity contribution >= 4 is 0 Å². The largest absolute Gasteiger partial charge is 0.573 e. The summed E-state index contributed by atoms with van der Waals surface area (Å²) in [5, 5.41) is 0. The first-order chi connectivity index (χ1) is 9.65. The van der Waals surface area contributed by atoms with Crippen LogP contribution in [0, 0.1) is 0 Å². The maximum atomic E-state index is 12.3. The summed E-state index contributed by atoms with van der Waals surface area (Å²) in [6.45, 7) is 0. The van der Waals surface area contributed by atoms with Gasteiger partial charge in [-0.1, -0.05) is 18.2 Å². The number of hydrogen-bond donors (Lipinski definition) is 0. The van der Waals surface area contributed by atoms with Crippen LogP contribution < -0.4 is 4.74 Å². The summed E-state index contributed by atoms with van der Waals surface area (Å²) >= 11 is 0. The van der Waals surface area contributed by atoms with Crippen molar-refractivity contribution in [2.24, 2.45) is 0 Å². The highest BCUT2D eigenvalue weighted by Gasteiger charge is 2.32. The molecule has 0 bridgehead atoms. The summed E-state index contributed by atoms with van der Waals surface area (Å²) in [5.74, 6) is -0.411. The number of benzene rings is 1. The van der Waals surface area contributed by atoms with Gasteiger partial charge in [0.25, 0.3) is 0 Å². The third-order valence-electron chi connectivity index (χ3n) is 2.48. The number of nitrogens with zero attached hydrogens (tertiary/aromatic N) is 1. The Bertz CT molecular complexity index is 601. The summed E-state index contributed by atoms with van der Waals surface area (Å²) < 4.78 is 76.7. The number of hydrogen-bond acceptors (Lipinski definition) is 2. The van der Waals surface area contributed by atoms with Gasteiger partial charge in [-0.15, -0.1) is 13.2 Å². The van der Waals surface area contributed by atoms with Crippen LogP contribution in [0.2, 0.25) is 0 Å². The fourth-order valence-corrected chi connectivity index (χ4v) is 1.58. The van der Waals surface area contributed by atoms with Crippen molar-refractivity contribution in [2.45, 2.75) is 12.5 Å². The minimum absolute atomic E-state index is 0.349. The number of ether oxygens (including phenoxy) is 1.